The molecule has 1 aromatic rings. The molecule has 0 aliphatic carbocycles. The van der Waals surface area contributed by atoms with Crippen LogP contribution in [0.15, 0.2) is 24.4 Å². The molecule has 1 fully saturated rings. The summed E-state index contributed by atoms with van der Waals surface area (Å²) in [4.78, 5) is 6.44. The zero-order valence-corrected chi connectivity index (χ0v) is 10.8. The van der Waals surface area contributed by atoms with Crippen LogP contribution in [0, 0.1) is 0 Å². The highest BCUT2D eigenvalue weighted by Gasteiger charge is 2.09. The Labute approximate surface area is 104 Å². The van der Waals surface area contributed by atoms with E-state index in [4.69, 9.17) is 9.47 Å². The first-order chi connectivity index (χ1) is 8.45. The molecule has 0 spiro atoms. The summed E-state index contributed by atoms with van der Waals surface area (Å²) in [7, 11) is 0. The van der Waals surface area contributed by atoms with Crippen LogP contribution >= 0.6 is 0 Å². The molecular formula is C13H22N2O2. The van der Waals surface area contributed by atoms with Crippen LogP contribution in [0.3, 0.4) is 0 Å². The van der Waals surface area contributed by atoms with Crippen molar-refractivity contribution in [2.24, 2.45) is 0 Å². The van der Waals surface area contributed by atoms with E-state index in [0.29, 0.717) is 12.5 Å². The van der Waals surface area contributed by atoms with Gasteiger partial charge in [0.25, 0.3) is 0 Å². The molecule has 2 rings (SSSR count). The fourth-order valence-corrected chi connectivity index (χ4v) is 1.54. The Morgan fingerprint density at radius 2 is 2.06 bits per heavy atom. The summed E-state index contributed by atoms with van der Waals surface area (Å²) >= 11 is 0. The smallest absolute Gasteiger partial charge is 0.213 e. The van der Waals surface area contributed by atoms with Crippen molar-refractivity contribution in [1.82, 2.24) is 9.88 Å². The van der Waals surface area contributed by atoms with Crippen molar-refractivity contribution in [3.05, 3.63) is 24.4 Å². The van der Waals surface area contributed by atoms with E-state index in [1.165, 1.54) is 0 Å². The van der Waals surface area contributed by atoms with Gasteiger partial charge in [-0.2, -0.15) is 0 Å². The summed E-state index contributed by atoms with van der Waals surface area (Å²) in [5, 5.41) is 0. The van der Waals surface area contributed by atoms with Gasteiger partial charge in [-0.25, -0.2) is 4.98 Å². The lowest BCUT2D eigenvalue weighted by atomic mass is 10.4. The average molecular weight is 238 g/mol. The molecule has 4 nitrogen and oxygen atoms in total. The van der Waals surface area contributed by atoms with E-state index in [-0.39, 0.29) is 0 Å². The predicted molar refractivity (Wildman–Crippen MR) is 68.3 cm³/mol. The zero-order chi connectivity index (χ0) is 12.3. The summed E-state index contributed by atoms with van der Waals surface area (Å²) in [5.74, 6) is 0.700. The Morgan fingerprint density at radius 3 is 2.71 bits per heavy atom. The molecule has 0 saturated carbocycles. The summed E-state index contributed by atoms with van der Waals surface area (Å²) in [6, 6.07) is 5.69. The summed E-state index contributed by atoms with van der Waals surface area (Å²) in [6.07, 6.45) is 1.74. The molecule has 0 amide bonds. The molecule has 4 heteroatoms. The molecule has 0 atom stereocenters. The highest BCUT2D eigenvalue weighted by atomic mass is 16.5. The van der Waals surface area contributed by atoms with Gasteiger partial charge in [0.05, 0.1) is 13.2 Å². The molecule has 0 bridgehead atoms. The Kier molecular flexibility index (Phi) is 7.34. The van der Waals surface area contributed by atoms with Crippen LogP contribution in [0.2, 0.25) is 0 Å². The minimum Gasteiger partial charge on any atom is -0.476 e. The highest BCUT2D eigenvalue weighted by molar-refractivity contribution is 5.08. The van der Waals surface area contributed by atoms with Crippen molar-refractivity contribution in [3.8, 4) is 5.88 Å². The maximum absolute atomic E-state index is 5.52. The third-order valence-corrected chi connectivity index (χ3v) is 2.40. The third kappa shape index (κ3) is 5.65. The molecule has 17 heavy (non-hydrogen) atoms. The van der Waals surface area contributed by atoms with E-state index in [1.807, 2.05) is 32.0 Å². The number of hydrogen-bond donors (Lipinski definition) is 0. The molecule has 2 heterocycles. The van der Waals surface area contributed by atoms with Crippen molar-refractivity contribution in [3.63, 3.8) is 0 Å². The second-order valence-corrected chi connectivity index (χ2v) is 3.47. The standard InChI is InChI=1S/C11H16N2O2.C2H6/c1-2-4-12-11(3-1)15-10-7-13-5-8-14-9-6-13;1-2/h1-4H,5-10H2;1-2H3. The minimum absolute atomic E-state index is 0.691. The lowest BCUT2D eigenvalue weighted by Gasteiger charge is -2.26. The highest BCUT2D eigenvalue weighted by Crippen LogP contribution is 2.03. The predicted octanol–water partition coefficient (Wildman–Crippen LogP) is 1.82. The van der Waals surface area contributed by atoms with E-state index in [2.05, 4.69) is 9.88 Å². The Bertz CT molecular complexity index is 274. The number of pyridine rings is 1. The van der Waals surface area contributed by atoms with E-state index < -0.39 is 0 Å². The van der Waals surface area contributed by atoms with Gasteiger partial charge in [0.15, 0.2) is 0 Å². The molecular weight excluding hydrogens is 216 g/mol. The maximum atomic E-state index is 5.52. The average Bonchev–Trinajstić information content (AvgIpc) is 2.43. The molecule has 1 aliphatic heterocycles. The van der Waals surface area contributed by atoms with Crippen LogP contribution in [0.4, 0.5) is 0 Å². The number of aromatic nitrogens is 1. The Morgan fingerprint density at radius 1 is 1.29 bits per heavy atom. The molecule has 0 N–H and O–H groups in total. The summed E-state index contributed by atoms with van der Waals surface area (Å²) in [5.41, 5.74) is 0. The van der Waals surface area contributed by atoms with Crippen LogP contribution in [0.25, 0.3) is 0 Å². The summed E-state index contributed by atoms with van der Waals surface area (Å²) in [6.45, 7) is 9.32. The number of ether oxygens (including phenoxy) is 2. The van der Waals surface area contributed by atoms with Gasteiger partial charge in [0.2, 0.25) is 5.88 Å². The Balaban J connectivity index is 0.000000686. The largest absolute Gasteiger partial charge is 0.476 e. The van der Waals surface area contributed by atoms with Gasteiger partial charge in [-0.3, -0.25) is 4.90 Å². The topological polar surface area (TPSA) is 34.6 Å². The van der Waals surface area contributed by atoms with Gasteiger partial charge in [0, 0.05) is 31.9 Å². The van der Waals surface area contributed by atoms with Crippen molar-refractivity contribution < 1.29 is 9.47 Å². The van der Waals surface area contributed by atoms with Crippen molar-refractivity contribution in [1.29, 1.82) is 0 Å². The lowest BCUT2D eigenvalue weighted by molar-refractivity contribution is 0.0320. The first kappa shape index (κ1) is 13.9. The lowest BCUT2D eigenvalue weighted by Crippen LogP contribution is -2.38. The van der Waals surface area contributed by atoms with Crippen LogP contribution in [0.5, 0.6) is 5.88 Å². The number of morpholine rings is 1. The van der Waals surface area contributed by atoms with Crippen LogP contribution < -0.4 is 4.74 Å². The van der Waals surface area contributed by atoms with Gasteiger partial charge in [-0.1, -0.05) is 19.9 Å². The van der Waals surface area contributed by atoms with E-state index in [1.54, 1.807) is 6.20 Å². The SMILES string of the molecule is CC.c1ccc(OCCN2CCOCC2)nc1. The molecule has 1 aromatic heterocycles. The number of hydrogen-bond acceptors (Lipinski definition) is 4. The van der Waals surface area contributed by atoms with Gasteiger partial charge in [-0.05, 0) is 6.07 Å². The first-order valence-corrected chi connectivity index (χ1v) is 6.29. The Hall–Kier alpha value is -1.13. The first-order valence-electron chi connectivity index (χ1n) is 6.29. The minimum atomic E-state index is 0.691. The van der Waals surface area contributed by atoms with Crippen molar-refractivity contribution >= 4 is 0 Å². The van der Waals surface area contributed by atoms with Gasteiger partial charge in [-0.15, -0.1) is 0 Å². The van der Waals surface area contributed by atoms with Crippen molar-refractivity contribution in [2.75, 3.05) is 39.5 Å². The molecule has 0 aromatic carbocycles. The molecule has 96 valence electrons. The van der Waals surface area contributed by atoms with E-state index in [9.17, 15) is 0 Å². The van der Waals surface area contributed by atoms with E-state index >= 15 is 0 Å². The van der Waals surface area contributed by atoms with Crippen LogP contribution in [-0.2, 0) is 4.74 Å². The second-order valence-electron chi connectivity index (χ2n) is 3.47. The number of rotatable bonds is 4. The van der Waals surface area contributed by atoms with E-state index in [0.717, 1.165) is 32.8 Å². The van der Waals surface area contributed by atoms with Gasteiger partial charge < -0.3 is 9.47 Å². The molecule has 1 aliphatic rings. The fraction of sp³-hybridized carbons (Fsp3) is 0.615. The van der Waals surface area contributed by atoms with Crippen LogP contribution in [-0.4, -0.2) is 49.3 Å². The quantitative estimate of drug-likeness (QED) is 0.801. The van der Waals surface area contributed by atoms with Gasteiger partial charge in [0.1, 0.15) is 6.61 Å². The monoisotopic (exact) mass is 238 g/mol. The normalized spacial score (nSPS) is 15.9. The molecule has 1 saturated heterocycles. The van der Waals surface area contributed by atoms with Gasteiger partial charge >= 0.3 is 0 Å². The van der Waals surface area contributed by atoms with Crippen molar-refractivity contribution in [2.45, 2.75) is 13.8 Å². The third-order valence-electron chi connectivity index (χ3n) is 2.40. The summed E-state index contributed by atoms with van der Waals surface area (Å²) < 4.78 is 10.8. The number of nitrogens with zero attached hydrogens (tertiary/aromatic N) is 2. The van der Waals surface area contributed by atoms with Crippen LogP contribution in [0.1, 0.15) is 13.8 Å². The second kappa shape index (κ2) is 8.96. The zero-order valence-electron chi connectivity index (χ0n) is 10.8. The fourth-order valence-electron chi connectivity index (χ4n) is 1.54. The maximum Gasteiger partial charge on any atom is 0.213 e. The molecule has 0 unspecified atom stereocenters. The molecule has 0 radical (unpaired) electrons.